The number of nitrogens with zero attached hydrogens (tertiary/aromatic N) is 2. The van der Waals surface area contributed by atoms with Gasteiger partial charge in [-0.1, -0.05) is 36.5 Å². The number of hydrogen-bond donors (Lipinski definition) is 0. The number of aromatic nitrogens is 1. The molecular weight excluding hydrogens is 472 g/mol. The molecule has 1 atom stereocenters. The fraction of sp³-hybridized carbons (Fsp3) is 0.320. The first-order valence-corrected chi connectivity index (χ1v) is 12.7. The molecule has 0 radical (unpaired) electrons. The summed E-state index contributed by atoms with van der Waals surface area (Å²) in [5.41, 5.74) is 1.46. The van der Waals surface area contributed by atoms with Gasteiger partial charge >= 0.3 is 5.97 Å². The maximum absolute atomic E-state index is 13.5. The Kier molecular flexibility index (Phi) is 7.77. The minimum Gasteiger partial charge on any atom is -0.494 e. The van der Waals surface area contributed by atoms with Gasteiger partial charge in [-0.2, -0.15) is 0 Å². The van der Waals surface area contributed by atoms with Crippen molar-refractivity contribution in [3.63, 3.8) is 0 Å². The van der Waals surface area contributed by atoms with Crippen LogP contribution in [0.15, 0.2) is 62.8 Å². The Hall–Kier alpha value is -3.01. The summed E-state index contributed by atoms with van der Waals surface area (Å²) in [6, 6.07) is 10.7. The maximum atomic E-state index is 13.5. The van der Waals surface area contributed by atoms with Crippen LogP contribution >= 0.6 is 22.7 Å². The van der Waals surface area contributed by atoms with Gasteiger partial charge in [0.05, 0.1) is 35.1 Å². The van der Waals surface area contributed by atoms with Crippen molar-refractivity contribution in [3.8, 4) is 5.75 Å². The van der Waals surface area contributed by atoms with Crippen molar-refractivity contribution in [2.24, 2.45) is 4.99 Å². The van der Waals surface area contributed by atoms with Crippen molar-refractivity contribution >= 4 is 34.7 Å². The van der Waals surface area contributed by atoms with E-state index in [9.17, 15) is 9.59 Å². The Morgan fingerprint density at radius 3 is 2.65 bits per heavy atom. The minimum absolute atomic E-state index is 0.116. The molecule has 0 saturated heterocycles. The van der Waals surface area contributed by atoms with E-state index < -0.39 is 12.0 Å². The van der Waals surface area contributed by atoms with Gasteiger partial charge in [0, 0.05) is 12.0 Å². The molecule has 0 amide bonds. The molecule has 3 aromatic rings. The van der Waals surface area contributed by atoms with Gasteiger partial charge in [-0.25, -0.2) is 9.79 Å². The molecule has 7 nitrogen and oxygen atoms in total. The number of thiophene rings is 1. The number of carbonyl (C=O) groups is 1. The molecule has 0 fully saturated rings. The molecule has 4 rings (SSSR count). The van der Waals surface area contributed by atoms with Crippen LogP contribution in [0, 0.1) is 0 Å². The number of fused-ring (bicyclic) bond motifs is 1. The predicted molar refractivity (Wildman–Crippen MR) is 133 cm³/mol. The third-order valence-corrected chi connectivity index (χ3v) is 7.05. The lowest BCUT2D eigenvalue weighted by atomic mass is 9.96. The molecule has 178 valence electrons. The standard InChI is InChI=1S/C25H26N2O5S2/c1-4-11-31-18-9-7-17(8-10-18)22-21(24(29)32-13-12-30-3)16(2)26-25-27(22)23(28)20(34-25)15-19-6-5-14-33-19/h5-10,14-15,22H,4,11-13H2,1-3H3/b20-15-/t22-/m0/s1. The first-order chi connectivity index (χ1) is 16.5. The van der Waals surface area contributed by atoms with Crippen LogP contribution in [-0.2, 0) is 14.3 Å². The zero-order valence-electron chi connectivity index (χ0n) is 19.3. The van der Waals surface area contributed by atoms with Crippen molar-refractivity contribution in [1.29, 1.82) is 0 Å². The van der Waals surface area contributed by atoms with E-state index in [1.165, 1.54) is 11.3 Å². The predicted octanol–water partition coefficient (Wildman–Crippen LogP) is 3.28. The van der Waals surface area contributed by atoms with E-state index in [-0.39, 0.29) is 18.8 Å². The molecule has 1 aliphatic rings. The first-order valence-electron chi connectivity index (χ1n) is 11.0. The Morgan fingerprint density at radius 1 is 1.18 bits per heavy atom. The molecule has 0 aliphatic carbocycles. The van der Waals surface area contributed by atoms with Crippen molar-refractivity contribution in [1.82, 2.24) is 4.57 Å². The second-order valence-corrected chi connectivity index (χ2v) is 9.63. The number of benzene rings is 1. The van der Waals surface area contributed by atoms with Crippen molar-refractivity contribution in [3.05, 3.63) is 83.2 Å². The summed E-state index contributed by atoms with van der Waals surface area (Å²) < 4.78 is 18.3. The van der Waals surface area contributed by atoms with Gasteiger partial charge in [-0.3, -0.25) is 9.36 Å². The van der Waals surface area contributed by atoms with Crippen molar-refractivity contribution < 1.29 is 19.0 Å². The summed E-state index contributed by atoms with van der Waals surface area (Å²) >= 11 is 2.87. The summed E-state index contributed by atoms with van der Waals surface area (Å²) in [7, 11) is 1.54. The van der Waals surface area contributed by atoms with Crippen LogP contribution in [0.2, 0.25) is 0 Å². The highest BCUT2D eigenvalue weighted by Crippen LogP contribution is 2.31. The molecular formula is C25H26N2O5S2. The Bertz CT molecular complexity index is 1350. The van der Waals surface area contributed by atoms with Gasteiger partial charge in [0.2, 0.25) is 0 Å². The Labute approximate surface area is 205 Å². The monoisotopic (exact) mass is 498 g/mol. The van der Waals surface area contributed by atoms with E-state index in [1.807, 2.05) is 54.8 Å². The molecule has 3 heterocycles. The number of rotatable bonds is 9. The molecule has 0 spiro atoms. The fourth-order valence-corrected chi connectivity index (χ4v) is 5.43. The maximum Gasteiger partial charge on any atom is 0.338 e. The molecule has 0 bridgehead atoms. The van der Waals surface area contributed by atoms with Gasteiger partial charge in [0.25, 0.3) is 5.56 Å². The molecule has 1 aromatic carbocycles. The number of thiazole rings is 1. The zero-order valence-corrected chi connectivity index (χ0v) is 20.9. The van der Waals surface area contributed by atoms with Crippen LogP contribution < -0.4 is 19.6 Å². The number of allylic oxidation sites excluding steroid dienone is 1. The average molecular weight is 499 g/mol. The summed E-state index contributed by atoms with van der Waals surface area (Å²) in [5.74, 6) is 0.225. The van der Waals surface area contributed by atoms with Crippen LogP contribution in [0.1, 0.15) is 36.8 Å². The molecule has 1 aliphatic heterocycles. The number of hydrogen-bond acceptors (Lipinski definition) is 8. The SMILES string of the molecule is CCCOc1ccc([C@H]2C(C(=O)OCCOC)=C(C)N=c3s/c(=C\c4cccs4)c(=O)n32)cc1. The van der Waals surface area contributed by atoms with Gasteiger partial charge in [0.15, 0.2) is 4.80 Å². The molecule has 0 N–H and O–H groups in total. The van der Waals surface area contributed by atoms with Crippen LogP contribution in [0.4, 0.5) is 0 Å². The van der Waals surface area contributed by atoms with E-state index in [1.54, 1.807) is 29.9 Å². The second-order valence-electron chi connectivity index (χ2n) is 7.64. The smallest absolute Gasteiger partial charge is 0.338 e. The number of carbonyl (C=O) groups excluding carboxylic acids is 1. The van der Waals surface area contributed by atoms with Crippen molar-refractivity contribution in [2.45, 2.75) is 26.3 Å². The number of ether oxygens (including phenoxy) is 3. The second kappa shape index (κ2) is 10.9. The topological polar surface area (TPSA) is 79.1 Å². The highest BCUT2D eigenvalue weighted by atomic mass is 32.1. The summed E-state index contributed by atoms with van der Waals surface area (Å²) in [6.45, 7) is 4.84. The van der Waals surface area contributed by atoms with Crippen LogP contribution in [0.3, 0.4) is 0 Å². The lowest BCUT2D eigenvalue weighted by molar-refractivity contribution is -0.140. The zero-order chi connectivity index (χ0) is 24.1. The molecule has 2 aromatic heterocycles. The quantitative estimate of drug-likeness (QED) is 0.334. The Morgan fingerprint density at radius 2 is 1.97 bits per heavy atom. The van der Waals surface area contributed by atoms with E-state index in [0.717, 1.165) is 22.6 Å². The summed E-state index contributed by atoms with van der Waals surface area (Å²) in [6.07, 6.45) is 2.77. The van der Waals surface area contributed by atoms with E-state index >= 15 is 0 Å². The third kappa shape index (κ3) is 5.06. The summed E-state index contributed by atoms with van der Waals surface area (Å²) in [5, 5.41) is 1.96. The molecule has 34 heavy (non-hydrogen) atoms. The lowest BCUT2D eigenvalue weighted by Crippen LogP contribution is -2.40. The largest absolute Gasteiger partial charge is 0.494 e. The fourth-order valence-electron chi connectivity index (χ4n) is 3.66. The Balaban J connectivity index is 1.83. The van der Waals surface area contributed by atoms with Gasteiger partial charge in [-0.15, -0.1) is 11.3 Å². The minimum atomic E-state index is -0.656. The highest BCUT2D eigenvalue weighted by Gasteiger charge is 2.33. The molecule has 0 saturated carbocycles. The average Bonchev–Trinajstić information content (AvgIpc) is 3.45. The van der Waals surface area contributed by atoms with Crippen LogP contribution in [0.5, 0.6) is 5.75 Å². The van der Waals surface area contributed by atoms with E-state index in [0.29, 0.717) is 27.2 Å². The number of esters is 1. The van der Waals surface area contributed by atoms with E-state index in [4.69, 9.17) is 14.2 Å². The third-order valence-electron chi connectivity index (χ3n) is 5.25. The number of methoxy groups -OCH3 is 1. The van der Waals surface area contributed by atoms with Gasteiger partial charge in [-0.05, 0) is 48.6 Å². The molecule has 9 heteroatoms. The van der Waals surface area contributed by atoms with Crippen molar-refractivity contribution in [2.75, 3.05) is 26.9 Å². The summed E-state index contributed by atoms with van der Waals surface area (Å²) in [4.78, 5) is 32.8. The van der Waals surface area contributed by atoms with Crippen LogP contribution in [0.25, 0.3) is 6.08 Å². The normalized spacial score (nSPS) is 15.7. The van der Waals surface area contributed by atoms with E-state index in [2.05, 4.69) is 4.99 Å². The molecule has 0 unspecified atom stereocenters. The van der Waals surface area contributed by atoms with Gasteiger partial charge in [0.1, 0.15) is 12.4 Å². The first kappa shape index (κ1) is 24.1. The lowest BCUT2D eigenvalue weighted by Gasteiger charge is -2.25. The highest BCUT2D eigenvalue weighted by molar-refractivity contribution is 7.11. The van der Waals surface area contributed by atoms with Crippen LogP contribution in [-0.4, -0.2) is 37.5 Å². The van der Waals surface area contributed by atoms with Gasteiger partial charge < -0.3 is 14.2 Å².